The number of hydrogen-bond acceptors (Lipinski definition) is 0. The van der Waals surface area contributed by atoms with Gasteiger partial charge in [0.25, 0.3) is 0 Å². The summed E-state index contributed by atoms with van der Waals surface area (Å²) in [5.41, 5.74) is 8.88. The molecular formula is C36H30Cl2. The fourth-order valence-corrected chi connectivity index (χ4v) is 5.98. The van der Waals surface area contributed by atoms with Crippen molar-refractivity contribution in [2.45, 2.75) is 27.7 Å². The summed E-state index contributed by atoms with van der Waals surface area (Å²) in [6.07, 6.45) is 7.24. The van der Waals surface area contributed by atoms with E-state index in [2.05, 4.69) is 107 Å². The maximum Gasteiger partial charge on any atom is 0.0406 e. The van der Waals surface area contributed by atoms with Crippen LogP contribution >= 0.6 is 23.2 Å². The van der Waals surface area contributed by atoms with Crippen molar-refractivity contribution < 1.29 is 0 Å². The Kier molecular flexibility index (Phi) is 6.22. The van der Waals surface area contributed by atoms with Crippen LogP contribution in [0.2, 0.25) is 10.0 Å². The van der Waals surface area contributed by atoms with Gasteiger partial charge in [0.1, 0.15) is 0 Å². The Bertz CT molecular complexity index is 1800. The van der Waals surface area contributed by atoms with E-state index in [0.717, 1.165) is 21.2 Å². The van der Waals surface area contributed by atoms with E-state index in [1.807, 2.05) is 24.3 Å². The third-order valence-corrected chi connectivity index (χ3v) is 8.22. The average molecular weight is 534 g/mol. The minimum absolute atomic E-state index is 0.0830. The van der Waals surface area contributed by atoms with Crippen LogP contribution < -0.4 is 10.4 Å². The van der Waals surface area contributed by atoms with E-state index >= 15 is 0 Å². The van der Waals surface area contributed by atoms with Crippen LogP contribution in [-0.4, -0.2) is 0 Å². The zero-order valence-corrected chi connectivity index (χ0v) is 23.7. The second-order valence-electron chi connectivity index (χ2n) is 11.3. The fraction of sp³-hybridized carbons (Fsp3) is 0.167. The molecule has 1 atom stereocenters. The maximum absolute atomic E-state index is 6.32. The number of hydrogen-bond donors (Lipinski definition) is 0. The lowest BCUT2D eigenvalue weighted by molar-refractivity contribution is 0.516. The predicted octanol–water partition coefficient (Wildman–Crippen LogP) is 8.68. The predicted molar refractivity (Wildman–Crippen MR) is 163 cm³/mol. The summed E-state index contributed by atoms with van der Waals surface area (Å²) < 4.78 is 0. The first kappa shape index (κ1) is 25.0. The summed E-state index contributed by atoms with van der Waals surface area (Å²) in [7, 11) is 0. The van der Waals surface area contributed by atoms with Crippen molar-refractivity contribution in [2.24, 2.45) is 11.3 Å². The van der Waals surface area contributed by atoms with E-state index in [0.29, 0.717) is 5.92 Å². The summed E-state index contributed by atoms with van der Waals surface area (Å²) in [6, 6.07) is 29.7. The number of halogens is 2. The van der Waals surface area contributed by atoms with Crippen LogP contribution in [0, 0.1) is 21.8 Å². The molecule has 0 saturated heterocycles. The molecule has 1 unspecified atom stereocenters. The number of benzene rings is 4. The van der Waals surface area contributed by atoms with Crippen LogP contribution in [0.15, 0.2) is 103 Å². The number of fused-ring (bicyclic) bond motifs is 2. The van der Waals surface area contributed by atoms with E-state index in [1.54, 1.807) is 0 Å². The van der Waals surface area contributed by atoms with Gasteiger partial charge in [0.2, 0.25) is 0 Å². The molecule has 0 fully saturated rings. The first-order valence-corrected chi connectivity index (χ1v) is 13.9. The van der Waals surface area contributed by atoms with Gasteiger partial charge in [0.05, 0.1) is 0 Å². The maximum atomic E-state index is 6.32. The van der Waals surface area contributed by atoms with Gasteiger partial charge in [-0.05, 0) is 95.6 Å². The molecule has 0 amide bonds. The Morgan fingerprint density at radius 1 is 0.684 bits per heavy atom. The highest BCUT2D eigenvalue weighted by molar-refractivity contribution is 6.31. The summed E-state index contributed by atoms with van der Waals surface area (Å²) >= 11 is 12.6. The first-order chi connectivity index (χ1) is 18.2. The van der Waals surface area contributed by atoms with Crippen LogP contribution in [0.5, 0.6) is 0 Å². The van der Waals surface area contributed by atoms with Crippen LogP contribution in [0.1, 0.15) is 49.9 Å². The second-order valence-corrected chi connectivity index (χ2v) is 12.2. The molecule has 4 aromatic carbocycles. The fourth-order valence-electron chi connectivity index (χ4n) is 5.73. The van der Waals surface area contributed by atoms with Gasteiger partial charge in [0, 0.05) is 16.0 Å². The van der Waals surface area contributed by atoms with Gasteiger partial charge in [-0.15, -0.1) is 0 Å². The van der Waals surface area contributed by atoms with Gasteiger partial charge < -0.3 is 0 Å². The molecule has 188 valence electrons. The van der Waals surface area contributed by atoms with Crippen LogP contribution in [0.4, 0.5) is 0 Å². The van der Waals surface area contributed by atoms with Gasteiger partial charge in [-0.1, -0.05) is 124 Å². The minimum Gasteiger partial charge on any atom is -0.0843 e. The molecule has 38 heavy (non-hydrogen) atoms. The third kappa shape index (κ3) is 4.37. The van der Waals surface area contributed by atoms with Crippen molar-refractivity contribution in [1.29, 1.82) is 0 Å². The van der Waals surface area contributed by atoms with Crippen molar-refractivity contribution in [3.63, 3.8) is 0 Å². The lowest BCUT2D eigenvalue weighted by atomic mass is 9.85. The average Bonchev–Trinajstić information content (AvgIpc) is 3.47. The largest absolute Gasteiger partial charge is 0.0843 e. The summed E-state index contributed by atoms with van der Waals surface area (Å²) in [6.45, 7) is 9.20. The highest BCUT2D eigenvalue weighted by Crippen LogP contribution is 2.40. The van der Waals surface area contributed by atoms with Crippen LogP contribution in [-0.2, 0) is 0 Å². The molecule has 2 heteroatoms. The molecule has 6 rings (SSSR count). The number of allylic oxidation sites excluding steroid dienone is 4. The zero-order chi connectivity index (χ0) is 26.6. The molecule has 0 aliphatic heterocycles. The molecule has 0 bridgehead atoms. The molecule has 2 aliphatic rings. The normalized spacial score (nSPS) is 15.9. The quantitative estimate of drug-likeness (QED) is 0.218. The van der Waals surface area contributed by atoms with E-state index in [1.165, 1.54) is 48.7 Å². The monoisotopic (exact) mass is 532 g/mol. The Labute approximate surface area is 234 Å². The second kappa shape index (κ2) is 9.45. The summed E-state index contributed by atoms with van der Waals surface area (Å²) in [4.78, 5) is 0. The topological polar surface area (TPSA) is 0 Å². The first-order valence-electron chi connectivity index (χ1n) is 13.2. The van der Waals surface area contributed by atoms with Crippen molar-refractivity contribution in [2.75, 3.05) is 0 Å². The molecule has 0 N–H and O–H groups in total. The van der Waals surface area contributed by atoms with E-state index in [9.17, 15) is 0 Å². The highest BCUT2D eigenvalue weighted by Gasteiger charge is 2.27. The Morgan fingerprint density at radius 3 is 1.87 bits per heavy atom. The molecule has 0 radical (unpaired) electrons. The van der Waals surface area contributed by atoms with Gasteiger partial charge in [-0.25, -0.2) is 0 Å². The van der Waals surface area contributed by atoms with Gasteiger partial charge in [0.15, 0.2) is 0 Å². The van der Waals surface area contributed by atoms with Crippen molar-refractivity contribution >= 4 is 40.4 Å². The van der Waals surface area contributed by atoms with Crippen molar-refractivity contribution in [3.8, 4) is 0 Å². The van der Waals surface area contributed by atoms with Crippen molar-refractivity contribution in [1.82, 2.24) is 0 Å². The molecule has 0 aromatic heterocycles. The van der Waals surface area contributed by atoms with E-state index in [-0.39, 0.29) is 5.41 Å². The molecule has 0 spiro atoms. The SMILES string of the molecule is CC1C=C(C(C)(C)C)C=C1c1c2c(ccc1=C(c1ccc(Cl)cc1)c1ccc(Cl)cc1)=c1ccccc1=C2. The lowest BCUT2D eigenvalue weighted by Crippen LogP contribution is -2.18. The smallest absolute Gasteiger partial charge is 0.0406 e. The standard InChI is InChI=1S/C36H30Cl2/c1-22-19-26(36(2,3)4)21-32(22)35-31(18-17-30-29-8-6-5-7-25(29)20-33(30)35)34(23-9-13-27(37)14-10-23)24-11-15-28(38)16-12-24/h5-22H,1-4H3. The minimum atomic E-state index is 0.0830. The molecular weight excluding hydrogens is 503 g/mol. The van der Waals surface area contributed by atoms with Crippen molar-refractivity contribution in [3.05, 3.63) is 156 Å². The Balaban J connectivity index is 1.78. The molecule has 2 aliphatic carbocycles. The third-order valence-electron chi connectivity index (χ3n) is 7.72. The van der Waals surface area contributed by atoms with Crippen LogP contribution in [0.25, 0.3) is 17.2 Å². The van der Waals surface area contributed by atoms with Gasteiger partial charge in [-0.3, -0.25) is 0 Å². The molecule has 0 saturated carbocycles. The summed E-state index contributed by atoms with van der Waals surface area (Å²) in [5, 5.41) is 6.55. The number of rotatable bonds is 3. The molecule has 0 heterocycles. The Morgan fingerprint density at radius 2 is 1.29 bits per heavy atom. The molecule has 4 aromatic rings. The Hall–Kier alpha value is -3.32. The zero-order valence-electron chi connectivity index (χ0n) is 22.1. The van der Waals surface area contributed by atoms with Gasteiger partial charge >= 0.3 is 0 Å². The van der Waals surface area contributed by atoms with Crippen LogP contribution in [0.3, 0.4) is 0 Å². The van der Waals surface area contributed by atoms with E-state index in [4.69, 9.17) is 23.2 Å². The summed E-state index contributed by atoms with van der Waals surface area (Å²) in [5.74, 6) is 0.309. The van der Waals surface area contributed by atoms with Gasteiger partial charge in [-0.2, -0.15) is 0 Å². The molecule has 0 nitrogen and oxygen atoms in total. The van der Waals surface area contributed by atoms with E-state index < -0.39 is 0 Å². The lowest BCUT2D eigenvalue weighted by Gasteiger charge is -2.19. The highest BCUT2D eigenvalue weighted by atomic mass is 35.5.